The first-order chi connectivity index (χ1) is 16.1. The Bertz CT molecular complexity index is 891. The van der Waals surface area contributed by atoms with Crippen LogP contribution in [-0.2, 0) is 35.3 Å². The maximum Gasteiger partial charge on any atom is 0.506 e. The Morgan fingerprint density at radius 2 is 1.74 bits per heavy atom. The molecule has 186 valence electrons. The molecule has 0 unspecified atom stereocenters. The molecule has 13 heteroatoms. The quantitative estimate of drug-likeness (QED) is 0.131. The summed E-state index contributed by atoms with van der Waals surface area (Å²) in [5.41, 5.74) is 1.06. The lowest BCUT2D eigenvalue weighted by Gasteiger charge is -2.15. The molecule has 0 heterocycles. The molecule has 0 saturated heterocycles. The lowest BCUT2D eigenvalue weighted by molar-refractivity contribution is -0.128. The average molecular weight is 543 g/mol. The number of rotatable bonds is 14. The molecular formula is C21H27BrN4O8. The van der Waals surface area contributed by atoms with Crippen molar-refractivity contribution in [2.75, 3.05) is 31.6 Å². The van der Waals surface area contributed by atoms with Crippen LogP contribution in [0.4, 0.5) is 10.5 Å². The Morgan fingerprint density at radius 1 is 1.06 bits per heavy atom. The van der Waals surface area contributed by atoms with Gasteiger partial charge < -0.3 is 35.8 Å². The van der Waals surface area contributed by atoms with E-state index in [0.29, 0.717) is 11.3 Å². The number of hydrogen-bond donors (Lipinski definition) is 5. The number of benzene rings is 1. The van der Waals surface area contributed by atoms with Crippen molar-refractivity contribution in [1.82, 2.24) is 16.0 Å². The van der Waals surface area contributed by atoms with Crippen molar-refractivity contribution >= 4 is 51.4 Å². The molecule has 0 fully saturated rings. The van der Waals surface area contributed by atoms with E-state index in [2.05, 4.69) is 48.5 Å². The fourth-order valence-corrected chi connectivity index (χ4v) is 2.44. The summed E-state index contributed by atoms with van der Waals surface area (Å²) in [4.78, 5) is 57.6. The Morgan fingerprint density at radius 3 is 2.35 bits per heavy atom. The van der Waals surface area contributed by atoms with E-state index in [1.807, 2.05) is 0 Å². The van der Waals surface area contributed by atoms with Gasteiger partial charge in [-0.25, -0.2) is 4.79 Å². The van der Waals surface area contributed by atoms with Crippen molar-refractivity contribution in [3.63, 3.8) is 0 Å². The molecular weight excluding hydrogens is 516 g/mol. The van der Waals surface area contributed by atoms with E-state index in [1.165, 1.54) is 6.92 Å². The van der Waals surface area contributed by atoms with E-state index in [-0.39, 0.29) is 49.7 Å². The standard InChI is InChI=1S/C21H27BrN4O8/c1-13(22)19(29)23-8-10-33-9-7-17(27)24-11-18(28)25-14(2)20(30)26-16-5-3-15(4-6-16)12-34-21(31)32/h3-6,14H,1,7-12H2,2H3,(H,23,29)(H,24,27)(H,25,28)(H,26,30)(H,31,32)/t14-/m0/s1. The van der Waals surface area contributed by atoms with Crippen LogP contribution in [0.15, 0.2) is 35.3 Å². The van der Waals surface area contributed by atoms with Gasteiger partial charge in [0.2, 0.25) is 17.7 Å². The van der Waals surface area contributed by atoms with Crippen molar-refractivity contribution < 1.29 is 38.6 Å². The summed E-state index contributed by atoms with van der Waals surface area (Å²) >= 11 is 2.94. The molecule has 5 N–H and O–H groups in total. The van der Waals surface area contributed by atoms with E-state index in [9.17, 15) is 24.0 Å². The Kier molecular flexibility index (Phi) is 12.9. The fourth-order valence-electron chi connectivity index (χ4n) is 2.30. The van der Waals surface area contributed by atoms with Gasteiger partial charge in [0.05, 0.1) is 24.2 Å². The molecule has 1 atom stereocenters. The van der Waals surface area contributed by atoms with Gasteiger partial charge in [0.1, 0.15) is 12.6 Å². The molecule has 34 heavy (non-hydrogen) atoms. The van der Waals surface area contributed by atoms with Gasteiger partial charge in [-0.3, -0.25) is 19.2 Å². The number of amides is 4. The predicted molar refractivity (Wildman–Crippen MR) is 125 cm³/mol. The third-order valence-electron chi connectivity index (χ3n) is 4.05. The SMILES string of the molecule is C=C(Br)C(=O)NCCOCCC(=O)NCC(=O)N[C@@H](C)C(=O)Nc1ccc(COC(=O)O)cc1. The van der Waals surface area contributed by atoms with Crippen LogP contribution in [0, 0.1) is 0 Å². The first-order valence-corrected chi connectivity index (χ1v) is 10.9. The fraction of sp³-hybridized carbons (Fsp3) is 0.381. The maximum atomic E-state index is 12.2. The Balaban J connectivity index is 2.23. The van der Waals surface area contributed by atoms with Crippen LogP contribution in [0.5, 0.6) is 0 Å². The molecule has 0 saturated carbocycles. The molecule has 0 aromatic heterocycles. The summed E-state index contributed by atoms with van der Waals surface area (Å²) in [7, 11) is 0. The van der Waals surface area contributed by atoms with Gasteiger partial charge in [0.15, 0.2) is 0 Å². The Hall–Kier alpha value is -3.45. The van der Waals surface area contributed by atoms with Crippen molar-refractivity contribution in [3.8, 4) is 0 Å². The van der Waals surface area contributed by atoms with E-state index < -0.39 is 29.9 Å². The van der Waals surface area contributed by atoms with Crippen LogP contribution in [-0.4, -0.2) is 67.2 Å². The van der Waals surface area contributed by atoms with E-state index in [1.54, 1.807) is 24.3 Å². The number of carboxylic acid groups (broad SMARTS) is 1. The maximum absolute atomic E-state index is 12.2. The minimum absolute atomic E-state index is 0.0237. The second kappa shape index (κ2) is 15.4. The number of anilines is 1. The van der Waals surface area contributed by atoms with Crippen molar-refractivity contribution in [2.45, 2.75) is 26.0 Å². The highest BCUT2D eigenvalue weighted by Crippen LogP contribution is 2.11. The van der Waals surface area contributed by atoms with Gasteiger partial charge in [0.25, 0.3) is 5.91 Å². The van der Waals surface area contributed by atoms with Gasteiger partial charge in [-0.2, -0.15) is 0 Å². The third-order valence-corrected chi connectivity index (χ3v) is 4.41. The molecule has 0 spiro atoms. The summed E-state index contributed by atoms with van der Waals surface area (Å²) in [6, 6.07) is 5.46. The van der Waals surface area contributed by atoms with Gasteiger partial charge >= 0.3 is 6.16 Å². The van der Waals surface area contributed by atoms with Crippen LogP contribution < -0.4 is 21.3 Å². The van der Waals surface area contributed by atoms with Crippen molar-refractivity contribution in [1.29, 1.82) is 0 Å². The summed E-state index contributed by atoms with van der Waals surface area (Å²) in [6.45, 7) is 5.08. The lowest BCUT2D eigenvalue weighted by atomic mass is 10.2. The summed E-state index contributed by atoms with van der Waals surface area (Å²) in [5, 5.41) is 18.5. The first-order valence-electron chi connectivity index (χ1n) is 10.1. The first kappa shape index (κ1) is 28.6. The van der Waals surface area contributed by atoms with Crippen LogP contribution >= 0.6 is 15.9 Å². The van der Waals surface area contributed by atoms with Gasteiger partial charge in [0, 0.05) is 18.7 Å². The van der Waals surface area contributed by atoms with E-state index in [4.69, 9.17) is 9.84 Å². The molecule has 0 radical (unpaired) electrons. The van der Waals surface area contributed by atoms with Crippen LogP contribution in [0.3, 0.4) is 0 Å². The van der Waals surface area contributed by atoms with Gasteiger partial charge in [-0.05, 0) is 40.5 Å². The number of hydrogen-bond acceptors (Lipinski definition) is 7. The van der Waals surface area contributed by atoms with Crippen molar-refractivity contribution in [2.24, 2.45) is 0 Å². The molecule has 0 bridgehead atoms. The number of nitrogens with one attached hydrogen (secondary N) is 4. The minimum atomic E-state index is -1.38. The lowest BCUT2D eigenvalue weighted by Crippen LogP contribution is -2.46. The number of carbonyl (C=O) groups excluding carboxylic acids is 4. The zero-order chi connectivity index (χ0) is 25.5. The molecule has 4 amide bonds. The predicted octanol–water partition coefficient (Wildman–Crippen LogP) is 0.872. The minimum Gasteiger partial charge on any atom is -0.450 e. The van der Waals surface area contributed by atoms with E-state index in [0.717, 1.165) is 0 Å². The second-order valence-corrected chi connectivity index (χ2v) is 7.79. The molecule has 1 rings (SSSR count). The smallest absolute Gasteiger partial charge is 0.450 e. The summed E-state index contributed by atoms with van der Waals surface area (Å²) in [6.07, 6.45) is -1.36. The zero-order valence-corrected chi connectivity index (χ0v) is 20.1. The third kappa shape index (κ3) is 12.6. The molecule has 0 aliphatic heterocycles. The highest BCUT2D eigenvalue weighted by molar-refractivity contribution is 9.12. The highest BCUT2D eigenvalue weighted by Gasteiger charge is 2.16. The normalized spacial score (nSPS) is 11.0. The van der Waals surface area contributed by atoms with Crippen LogP contribution in [0.25, 0.3) is 0 Å². The summed E-state index contributed by atoms with van der Waals surface area (Å²) in [5.74, 6) is -1.78. The van der Waals surface area contributed by atoms with Crippen LogP contribution in [0.2, 0.25) is 0 Å². The molecule has 1 aromatic rings. The van der Waals surface area contributed by atoms with Gasteiger partial charge in [-0.15, -0.1) is 0 Å². The molecule has 0 aliphatic rings. The zero-order valence-electron chi connectivity index (χ0n) is 18.5. The molecule has 0 aliphatic carbocycles. The van der Waals surface area contributed by atoms with E-state index >= 15 is 0 Å². The number of ether oxygens (including phenoxy) is 2. The number of halogens is 1. The largest absolute Gasteiger partial charge is 0.506 e. The molecule has 12 nitrogen and oxygen atoms in total. The highest BCUT2D eigenvalue weighted by atomic mass is 79.9. The molecule has 1 aromatic carbocycles. The van der Waals surface area contributed by atoms with Gasteiger partial charge in [-0.1, -0.05) is 18.7 Å². The topological polar surface area (TPSA) is 172 Å². The summed E-state index contributed by atoms with van der Waals surface area (Å²) < 4.78 is 9.87. The van der Waals surface area contributed by atoms with Crippen molar-refractivity contribution in [3.05, 3.63) is 40.9 Å². The Labute approximate surface area is 204 Å². The average Bonchev–Trinajstić information content (AvgIpc) is 2.79. The second-order valence-electron chi connectivity index (χ2n) is 6.83. The van der Waals surface area contributed by atoms with Crippen LogP contribution in [0.1, 0.15) is 18.9 Å². The monoisotopic (exact) mass is 542 g/mol. The number of carbonyl (C=O) groups is 5.